The molecule has 0 aromatic heterocycles. The number of allylic oxidation sites excluding steroid dienone is 8. The van der Waals surface area contributed by atoms with Crippen LogP contribution in [-0.2, 0) is 28.6 Å². The Morgan fingerprint density at radius 2 is 1.02 bits per heavy atom. The van der Waals surface area contributed by atoms with Crippen molar-refractivity contribution in [1.82, 2.24) is 0 Å². The lowest BCUT2D eigenvalue weighted by molar-refractivity contribution is -0.889. The summed E-state index contributed by atoms with van der Waals surface area (Å²) in [5.41, 5.74) is 0. The lowest BCUT2D eigenvalue weighted by Crippen LogP contribution is -2.55. The number of carboxylic acids is 1. The maximum Gasteiger partial charge on any atom is 0.306 e. The molecule has 0 fully saturated rings. The summed E-state index contributed by atoms with van der Waals surface area (Å²) in [6.07, 6.45) is 41.4. The Hall–Kier alpha value is -2.71. The van der Waals surface area contributed by atoms with Crippen LogP contribution in [0, 0.1) is 0 Å². The molecule has 0 amide bonds. The number of hydrogen-bond acceptors (Lipinski definition) is 7. The standard InChI is InChI=1S/C45H79NO7/c1-6-8-10-12-14-16-18-20-21-22-23-24-26-27-29-31-33-35-43(47)52-40-41(39-51-38-37-42(45(49)50)46(3,4)5)53-44(48)36-34-32-30-28-25-19-17-15-13-11-9-7-2/h14,16,20-21,23-24,27,29,41-42H,6-13,15,17-19,22,25-26,28,30-40H2,1-5H3/b16-14+,21-20+,24-23+,29-27+. The Labute approximate surface area is 325 Å². The second-order valence-electron chi connectivity index (χ2n) is 15.2. The number of esters is 2. The van der Waals surface area contributed by atoms with Crippen molar-refractivity contribution in [1.29, 1.82) is 0 Å². The van der Waals surface area contributed by atoms with Gasteiger partial charge in [0.05, 0.1) is 40.3 Å². The highest BCUT2D eigenvalue weighted by Crippen LogP contribution is 2.14. The molecule has 0 saturated carbocycles. The summed E-state index contributed by atoms with van der Waals surface area (Å²) in [6.45, 7) is 4.56. The predicted octanol–water partition coefficient (Wildman–Crippen LogP) is 9.91. The van der Waals surface area contributed by atoms with Crippen molar-refractivity contribution in [3.63, 3.8) is 0 Å². The molecule has 0 aliphatic carbocycles. The number of likely N-dealkylation sites (N-methyl/N-ethyl adjacent to an activating group) is 1. The maximum absolute atomic E-state index is 12.7. The quantitative estimate of drug-likeness (QED) is 0.0270. The van der Waals surface area contributed by atoms with E-state index in [9.17, 15) is 19.5 Å². The second kappa shape index (κ2) is 36.3. The minimum absolute atomic E-state index is 0.0244. The normalized spacial score (nSPS) is 13.5. The molecule has 2 unspecified atom stereocenters. The van der Waals surface area contributed by atoms with Gasteiger partial charge in [0.15, 0.2) is 6.10 Å². The highest BCUT2D eigenvalue weighted by molar-refractivity contribution is 5.70. The zero-order valence-corrected chi connectivity index (χ0v) is 34.7. The van der Waals surface area contributed by atoms with Crippen molar-refractivity contribution in [3.8, 4) is 0 Å². The van der Waals surface area contributed by atoms with Crippen molar-refractivity contribution in [2.45, 2.75) is 180 Å². The Morgan fingerprint density at radius 1 is 0.566 bits per heavy atom. The summed E-state index contributed by atoms with van der Waals surface area (Å²) < 4.78 is 17.1. The fourth-order valence-corrected chi connectivity index (χ4v) is 5.89. The zero-order valence-electron chi connectivity index (χ0n) is 34.7. The van der Waals surface area contributed by atoms with Crippen molar-refractivity contribution < 1.29 is 38.2 Å². The van der Waals surface area contributed by atoms with Gasteiger partial charge in [-0.3, -0.25) is 9.59 Å². The number of hydrogen-bond donors (Lipinski definition) is 0. The Kier molecular flexibility index (Phi) is 34.4. The van der Waals surface area contributed by atoms with Crippen molar-refractivity contribution >= 4 is 17.9 Å². The molecular formula is C45H79NO7. The van der Waals surface area contributed by atoms with Crippen LogP contribution < -0.4 is 5.11 Å². The van der Waals surface area contributed by atoms with Crippen molar-refractivity contribution in [3.05, 3.63) is 48.6 Å². The van der Waals surface area contributed by atoms with Gasteiger partial charge in [-0.2, -0.15) is 0 Å². The number of carbonyl (C=O) groups excluding carboxylic acids is 3. The molecule has 0 heterocycles. The molecule has 0 aliphatic heterocycles. The van der Waals surface area contributed by atoms with Crippen LogP contribution >= 0.6 is 0 Å². The van der Waals surface area contributed by atoms with E-state index in [1.807, 2.05) is 0 Å². The van der Waals surface area contributed by atoms with Gasteiger partial charge in [-0.1, -0.05) is 146 Å². The third-order valence-electron chi connectivity index (χ3n) is 9.22. The van der Waals surface area contributed by atoms with Gasteiger partial charge < -0.3 is 28.6 Å². The van der Waals surface area contributed by atoms with E-state index in [2.05, 4.69) is 62.5 Å². The molecule has 0 aromatic rings. The number of ether oxygens (including phenoxy) is 3. The van der Waals surface area contributed by atoms with Gasteiger partial charge in [0, 0.05) is 19.3 Å². The number of carbonyl (C=O) groups is 3. The van der Waals surface area contributed by atoms with E-state index in [0.29, 0.717) is 12.8 Å². The number of unbranched alkanes of at least 4 members (excludes halogenated alkanes) is 15. The van der Waals surface area contributed by atoms with Crippen LogP contribution in [0.25, 0.3) is 0 Å². The Bertz CT molecular complexity index is 1010. The topological polar surface area (TPSA) is 102 Å². The van der Waals surface area contributed by atoms with Crippen molar-refractivity contribution in [2.75, 3.05) is 41.0 Å². The molecule has 0 bridgehead atoms. The third kappa shape index (κ3) is 34.8. The molecule has 0 saturated heterocycles. The molecule has 8 heteroatoms. The third-order valence-corrected chi connectivity index (χ3v) is 9.22. The number of nitrogens with zero attached hydrogens (tertiary/aromatic N) is 1. The van der Waals surface area contributed by atoms with E-state index in [0.717, 1.165) is 44.9 Å². The summed E-state index contributed by atoms with van der Waals surface area (Å²) >= 11 is 0. The van der Waals surface area contributed by atoms with Gasteiger partial charge in [0.1, 0.15) is 12.6 Å². The number of rotatable bonds is 37. The first-order valence-electron chi connectivity index (χ1n) is 21.2. The van der Waals surface area contributed by atoms with Gasteiger partial charge in [-0.15, -0.1) is 0 Å². The van der Waals surface area contributed by atoms with Gasteiger partial charge in [0.25, 0.3) is 0 Å². The minimum atomic E-state index is -1.13. The molecule has 0 radical (unpaired) electrons. The molecule has 0 aromatic carbocycles. The second-order valence-corrected chi connectivity index (χ2v) is 15.2. The Morgan fingerprint density at radius 3 is 1.53 bits per heavy atom. The average Bonchev–Trinajstić information content (AvgIpc) is 3.11. The lowest BCUT2D eigenvalue weighted by Gasteiger charge is -2.34. The largest absolute Gasteiger partial charge is 0.544 e. The number of carboxylic acid groups (broad SMARTS) is 1. The monoisotopic (exact) mass is 746 g/mol. The first-order chi connectivity index (χ1) is 25.6. The SMILES string of the molecule is CCCCC/C=C/C/C=C/C/C=C/C/C=C/CCCC(=O)OCC(COCCC(C(=O)[O-])[N+](C)(C)C)OC(=O)CCCCCCCCCCCCCC. The van der Waals surface area contributed by atoms with Crippen LogP contribution in [-0.4, -0.2) is 75.5 Å². The molecule has 53 heavy (non-hydrogen) atoms. The van der Waals surface area contributed by atoms with E-state index in [-0.39, 0.29) is 49.1 Å². The summed E-state index contributed by atoms with van der Waals surface area (Å²) in [5, 5.41) is 11.6. The molecule has 0 spiro atoms. The first kappa shape index (κ1) is 50.3. The van der Waals surface area contributed by atoms with Crippen LogP contribution in [0.2, 0.25) is 0 Å². The average molecular weight is 746 g/mol. The summed E-state index contributed by atoms with van der Waals surface area (Å²) in [6, 6.07) is -0.732. The molecule has 0 rings (SSSR count). The fourth-order valence-electron chi connectivity index (χ4n) is 5.89. The molecule has 0 N–H and O–H groups in total. The zero-order chi connectivity index (χ0) is 39.3. The van der Waals surface area contributed by atoms with Gasteiger partial charge in [-0.05, 0) is 51.4 Å². The molecule has 8 nitrogen and oxygen atoms in total. The molecule has 2 atom stereocenters. The molecular weight excluding hydrogens is 666 g/mol. The highest BCUT2D eigenvalue weighted by atomic mass is 16.6. The van der Waals surface area contributed by atoms with Gasteiger partial charge >= 0.3 is 11.9 Å². The summed E-state index contributed by atoms with van der Waals surface area (Å²) in [4.78, 5) is 36.7. The van der Waals surface area contributed by atoms with E-state index in [1.165, 1.54) is 83.5 Å². The van der Waals surface area contributed by atoms with E-state index in [1.54, 1.807) is 21.1 Å². The van der Waals surface area contributed by atoms with Crippen LogP contribution in [0.1, 0.15) is 168 Å². The van der Waals surface area contributed by atoms with E-state index in [4.69, 9.17) is 14.2 Å². The first-order valence-corrected chi connectivity index (χ1v) is 21.2. The predicted molar refractivity (Wildman–Crippen MR) is 217 cm³/mol. The number of quaternary nitrogens is 1. The fraction of sp³-hybridized carbons (Fsp3) is 0.756. The minimum Gasteiger partial charge on any atom is -0.544 e. The molecule has 0 aliphatic rings. The van der Waals surface area contributed by atoms with Gasteiger partial charge in [-0.25, -0.2) is 0 Å². The summed E-state index contributed by atoms with van der Waals surface area (Å²) in [7, 11) is 5.38. The van der Waals surface area contributed by atoms with Crippen LogP contribution in [0.3, 0.4) is 0 Å². The highest BCUT2D eigenvalue weighted by Gasteiger charge is 2.25. The van der Waals surface area contributed by atoms with Gasteiger partial charge in [0.2, 0.25) is 0 Å². The van der Waals surface area contributed by atoms with Crippen LogP contribution in [0.5, 0.6) is 0 Å². The number of aliphatic carboxylic acids is 1. The smallest absolute Gasteiger partial charge is 0.306 e. The van der Waals surface area contributed by atoms with Crippen LogP contribution in [0.4, 0.5) is 0 Å². The summed E-state index contributed by atoms with van der Waals surface area (Å²) in [5.74, 6) is -1.81. The lowest BCUT2D eigenvalue weighted by atomic mass is 10.0. The van der Waals surface area contributed by atoms with Crippen LogP contribution in [0.15, 0.2) is 48.6 Å². The maximum atomic E-state index is 12.7. The van der Waals surface area contributed by atoms with Crippen molar-refractivity contribution in [2.24, 2.45) is 0 Å². The van der Waals surface area contributed by atoms with E-state index < -0.39 is 18.1 Å². The van der Waals surface area contributed by atoms with E-state index >= 15 is 0 Å². The molecule has 306 valence electrons. The Balaban J connectivity index is 4.46.